The minimum atomic E-state index is -0.166. The second-order valence-corrected chi connectivity index (χ2v) is 13.1. The van der Waals surface area contributed by atoms with Crippen molar-refractivity contribution < 1.29 is 0 Å². The highest BCUT2D eigenvalue weighted by atomic mass is 15.4. The van der Waals surface area contributed by atoms with Crippen LogP contribution in [0.25, 0.3) is 60.4 Å². The monoisotopic (exact) mass is 645 g/mol. The zero-order chi connectivity index (χ0) is 33.0. The molecule has 0 saturated carbocycles. The largest absolute Gasteiger partial charge is 0.311 e. The van der Waals surface area contributed by atoms with E-state index in [1.807, 2.05) is 0 Å². The topological polar surface area (TPSA) is 46.0 Å². The maximum Gasteiger partial charge on any atom is 0.142 e. The van der Waals surface area contributed by atoms with Gasteiger partial charge in [-0.05, 0) is 70.8 Å². The molecule has 0 bridgehead atoms. The third-order valence-electron chi connectivity index (χ3n) is 10.2. The molecule has 3 heterocycles. The summed E-state index contributed by atoms with van der Waals surface area (Å²) in [5, 5.41) is 16.6. The third-order valence-corrected chi connectivity index (χ3v) is 10.2. The molecule has 7 aromatic carbocycles. The van der Waals surface area contributed by atoms with Gasteiger partial charge in [-0.3, -0.25) is 16.0 Å². The van der Waals surface area contributed by atoms with E-state index in [4.69, 9.17) is 0 Å². The number of fused-ring (bicyclic) bond motifs is 6. The molecule has 1 aliphatic heterocycles. The van der Waals surface area contributed by atoms with Crippen molar-refractivity contribution in [2.45, 2.75) is 18.6 Å². The SMILES string of the molecule is c1ccc(C2NC(c3ccccc3)NC(n3c4ccccc4c4cc(-c5ccc6c(c5)c5ccccc5n6-c5ccccc5)ccc43)N2)cc1. The lowest BCUT2D eigenvalue weighted by Gasteiger charge is -2.40. The van der Waals surface area contributed by atoms with Crippen molar-refractivity contribution in [3.8, 4) is 16.8 Å². The zero-order valence-electron chi connectivity index (χ0n) is 27.4. The van der Waals surface area contributed by atoms with Gasteiger partial charge in [-0.2, -0.15) is 0 Å². The molecule has 1 aliphatic rings. The van der Waals surface area contributed by atoms with Crippen molar-refractivity contribution in [1.29, 1.82) is 0 Å². The van der Waals surface area contributed by atoms with Crippen LogP contribution in [-0.2, 0) is 0 Å². The van der Waals surface area contributed by atoms with Crippen molar-refractivity contribution in [3.63, 3.8) is 0 Å². The molecule has 240 valence electrons. The molecule has 3 N–H and O–H groups in total. The first-order valence-electron chi connectivity index (χ1n) is 17.3. The normalized spacial score (nSPS) is 18.0. The molecule has 5 nitrogen and oxygen atoms in total. The predicted octanol–water partition coefficient (Wildman–Crippen LogP) is 10.2. The highest BCUT2D eigenvalue weighted by Crippen LogP contribution is 2.38. The summed E-state index contributed by atoms with van der Waals surface area (Å²) in [6.07, 6.45) is -0.263. The summed E-state index contributed by atoms with van der Waals surface area (Å²) in [5.74, 6) is 0. The Labute approximate surface area is 290 Å². The maximum atomic E-state index is 3.89. The molecule has 50 heavy (non-hydrogen) atoms. The van der Waals surface area contributed by atoms with Crippen LogP contribution in [0.1, 0.15) is 29.7 Å². The summed E-state index contributed by atoms with van der Waals surface area (Å²) >= 11 is 0. The van der Waals surface area contributed by atoms with E-state index < -0.39 is 0 Å². The van der Waals surface area contributed by atoms with Crippen molar-refractivity contribution in [2.24, 2.45) is 0 Å². The van der Waals surface area contributed by atoms with Gasteiger partial charge < -0.3 is 9.13 Å². The molecule has 0 aliphatic carbocycles. The van der Waals surface area contributed by atoms with Crippen LogP contribution >= 0.6 is 0 Å². The van der Waals surface area contributed by atoms with Crippen LogP contribution in [0.2, 0.25) is 0 Å². The van der Waals surface area contributed by atoms with Crippen LogP contribution in [-0.4, -0.2) is 9.13 Å². The number of benzene rings is 7. The molecule has 2 atom stereocenters. The van der Waals surface area contributed by atoms with Crippen LogP contribution < -0.4 is 16.0 Å². The number of aromatic nitrogens is 2. The summed E-state index contributed by atoms with van der Waals surface area (Å²) in [4.78, 5) is 0. The smallest absolute Gasteiger partial charge is 0.142 e. The lowest BCUT2D eigenvalue weighted by Crippen LogP contribution is -2.56. The van der Waals surface area contributed by atoms with Crippen LogP contribution in [0.4, 0.5) is 0 Å². The summed E-state index contributed by atoms with van der Waals surface area (Å²) < 4.78 is 4.80. The number of para-hydroxylation sites is 3. The first-order chi connectivity index (χ1) is 24.8. The van der Waals surface area contributed by atoms with Crippen LogP contribution in [0, 0.1) is 0 Å². The average Bonchev–Trinajstić information content (AvgIpc) is 3.71. The van der Waals surface area contributed by atoms with E-state index in [0.717, 1.165) is 0 Å². The van der Waals surface area contributed by atoms with Gasteiger partial charge in [0.05, 0.1) is 34.4 Å². The van der Waals surface area contributed by atoms with E-state index in [-0.39, 0.29) is 18.6 Å². The lowest BCUT2D eigenvalue weighted by molar-refractivity contribution is 0.161. The molecule has 0 radical (unpaired) electrons. The summed E-state index contributed by atoms with van der Waals surface area (Å²) in [7, 11) is 0. The second kappa shape index (κ2) is 11.9. The quantitative estimate of drug-likeness (QED) is 0.175. The van der Waals surface area contributed by atoms with Crippen molar-refractivity contribution in [1.82, 2.24) is 25.1 Å². The van der Waals surface area contributed by atoms with Gasteiger partial charge in [-0.15, -0.1) is 0 Å². The van der Waals surface area contributed by atoms with E-state index in [1.54, 1.807) is 0 Å². The van der Waals surface area contributed by atoms with Crippen molar-refractivity contribution >= 4 is 43.6 Å². The summed E-state index contributed by atoms with van der Waals surface area (Å²) in [5.41, 5.74) is 10.8. The molecule has 2 unspecified atom stereocenters. The Morgan fingerprint density at radius 2 is 0.800 bits per heavy atom. The Balaban J connectivity index is 1.11. The molecular formula is C45H35N5. The zero-order valence-corrected chi connectivity index (χ0v) is 27.4. The highest BCUT2D eigenvalue weighted by molar-refractivity contribution is 6.12. The van der Waals surface area contributed by atoms with Gasteiger partial charge in [0.15, 0.2) is 0 Å². The Morgan fingerprint density at radius 1 is 0.360 bits per heavy atom. The second-order valence-electron chi connectivity index (χ2n) is 13.1. The predicted molar refractivity (Wildman–Crippen MR) is 206 cm³/mol. The van der Waals surface area contributed by atoms with Crippen LogP contribution in [0.15, 0.2) is 176 Å². The molecular weight excluding hydrogens is 611 g/mol. The number of hydrogen-bond acceptors (Lipinski definition) is 3. The lowest BCUT2D eigenvalue weighted by atomic mass is 10.0. The average molecular weight is 646 g/mol. The number of nitrogens with one attached hydrogen (secondary N) is 3. The summed E-state index contributed by atoms with van der Waals surface area (Å²) in [6.45, 7) is 0. The first-order valence-corrected chi connectivity index (χ1v) is 17.3. The molecule has 5 heteroatoms. The van der Waals surface area contributed by atoms with Gasteiger partial charge in [-0.1, -0.05) is 127 Å². The first kappa shape index (κ1) is 29.0. The van der Waals surface area contributed by atoms with Crippen LogP contribution in [0.5, 0.6) is 0 Å². The highest BCUT2D eigenvalue weighted by Gasteiger charge is 2.31. The molecule has 1 saturated heterocycles. The van der Waals surface area contributed by atoms with Gasteiger partial charge in [0.25, 0.3) is 0 Å². The third kappa shape index (κ3) is 4.75. The fourth-order valence-electron chi connectivity index (χ4n) is 7.92. The molecule has 1 fully saturated rings. The Hall–Kier alpha value is -5.98. The molecule has 2 aromatic heterocycles. The fourth-order valence-corrected chi connectivity index (χ4v) is 7.92. The summed E-state index contributed by atoms with van der Waals surface area (Å²) in [6, 6.07) is 63.3. The Kier molecular flexibility index (Phi) is 6.88. The molecule has 0 spiro atoms. The molecule has 10 rings (SSSR count). The number of nitrogens with zero attached hydrogens (tertiary/aromatic N) is 2. The Morgan fingerprint density at radius 3 is 1.42 bits per heavy atom. The molecule has 0 amide bonds. The van der Waals surface area contributed by atoms with Crippen molar-refractivity contribution in [2.75, 3.05) is 0 Å². The van der Waals surface area contributed by atoms with E-state index in [9.17, 15) is 0 Å². The van der Waals surface area contributed by atoms with Gasteiger partial charge in [0.1, 0.15) is 6.29 Å². The maximum absolute atomic E-state index is 3.89. The number of hydrogen-bond donors (Lipinski definition) is 3. The Bertz CT molecular complexity index is 2590. The standard InChI is InChI=1S/C45H35N5/c1-4-14-30(15-5-1)43-46-44(31-16-6-2-7-17-31)48-45(47-43)50-40-23-13-11-21-36(40)38-29-33(25-27-42(38)50)32-24-26-41-37(28-32)35-20-10-12-22-39(35)49(41)34-18-8-3-9-19-34/h1-29,43-48H. The van der Waals surface area contributed by atoms with Gasteiger partial charge in [0, 0.05) is 27.2 Å². The van der Waals surface area contributed by atoms with Gasteiger partial charge in [-0.25, -0.2) is 0 Å². The van der Waals surface area contributed by atoms with Gasteiger partial charge in [0.2, 0.25) is 0 Å². The van der Waals surface area contributed by atoms with E-state index in [0.29, 0.717) is 0 Å². The van der Waals surface area contributed by atoms with E-state index in [1.165, 1.54) is 71.6 Å². The van der Waals surface area contributed by atoms with Crippen LogP contribution in [0.3, 0.4) is 0 Å². The van der Waals surface area contributed by atoms with Crippen molar-refractivity contribution in [3.05, 3.63) is 187 Å². The number of rotatable bonds is 5. The van der Waals surface area contributed by atoms with E-state index >= 15 is 0 Å². The minimum Gasteiger partial charge on any atom is -0.311 e. The van der Waals surface area contributed by atoms with Gasteiger partial charge >= 0.3 is 0 Å². The fraction of sp³-hybridized carbons (Fsp3) is 0.0667. The minimum absolute atomic E-state index is 0.0483. The molecule has 9 aromatic rings. The van der Waals surface area contributed by atoms with E-state index in [2.05, 4.69) is 201 Å².